The van der Waals surface area contributed by atoms with Gasteiger partial charge in [-0.1, -0.05) is 13.3 Å². The highest BCUT2D eigenvalue weighted by Gasteiger charge is 2.41. The summed E-state index contributed by atoms with van der Waals surface area (Å²) in [5, 5.41) is 9.40. The van der Waals surface area contributed by atoms with Crippen LogP contribution in [0.3, 0.4) is 0 Å². The minimum absolute atomic E-state index is 0.149. The molecule has 104 valence electrons. The average Bonchev–Trinajstić information content (AvgIpc) is 2.93. The molecule has 0 atom stereocenters. The van der Waals surface area contributed by atoms with Crippen molar-refractivity contribution in [1.82, 2.24) is 13.6 Å². The van der Waals surface area contributed by atoms with E-state index in [4.69, 9.17) is 0 Å². The standard InChI is InChI=1S/C12H17N3O3S/c1-2-3-12(11(17)18)4-6-15(7-5-12)10(16)9-8-13-19-14-9/h8H,2-7H2,1H3,(H,17,18). The minimum Gasteiger partial charge on any atom is -0.481 e. The zero-order valence-corrected chi connectivity index (χ0v) is 11.7. The van der Waals surface area contributed by atoms with Gasteiger partial charge in [0.25, 0.3) is 5.91 Å². The van der Waals surface area contributed by atoms with Crippen LogP contribution in [-0.4, -0.2) is 43.7 Å². The zero-order chi connectivity index (χ0) is 13.9. The van der Waals surface area contributed by atoms with Crippen molar-refractivity contribution in [2.45, 2.75) is 32.6 Å². The van der Waals surface area contributed by atoms with Gasteiger partial charge in [0.05, 0.1) is 23.3 Å². The number of carbonyl (C=O) groups excluding carboxylic acids is 1. The Morgan fingerprint density at radius 1 is 1.47 bits per heavy atom. The number of hydrogen-bond donors (Lipinski definition) is 1. The van der Waals surface area contributed by atoms with Crippen LogP contribution in [0.5, 0.6) is 0 Å². The van der Waals surface area contributed by atoms with E-state index in [1.54, 1.807) is 4.90 Å². The number of nitrogens with zero attached hydrogens (tertiary/aromatic N) is 3. The molecule has 0 radical (unpaired) electrons. The maximum absolute atomic E-state index is 12.1. The Balaban J connectivity index is 2.02. The van der Waals surface area contributed by atoms with E-state index in [9.17, 15) is 14.7 Å². The molecule has 7 heteroatoms. The van der Waals surface area contributed by atoms with Crippen LogP contribution in [0.25, 0.3) is 0 Å². The third-order valence-corrected chi connectivity index (χ3v) is 4.25. The number of hydrogen-bond acceptors (Lipinski definition) is 5. The number of carboxylic acid groups (broad SMARTS) is 1. The Kier molecular flexibility index (Phi) is 4.14. The summed E-state index contributed by atoms with van der Waals surface area (Å²) < 4.78 is 7.74. The molecule has 1 N–H and O–H groups in total. The Morgan fingerprint density at radius 3 is 2.63 bits per heavy atom. The minimum atomic E-state index is -0.739. The van der Waals surface area contributed by atoms with E-state index in [1.807, 2.05) is 6.92 Å². The van der Waals surface area contributed by atoms with Crippen molar-refractivity contribution in [1.29, 1.82) is 0 Å². The second kappa shape index (κ2) is 5.64. The molecule has 1 aromatic rings. The Hall–Kier alpha value is -1.50. The number of likely N-dealkylation sites (tertiary alicyclic amines) is 1. The van der Waals surface area contributed by atoms with E-state index < -0.39 is 11.4 Å². The predicted molar refractivity (Wildman–Crippen MR) is 70.0 cm³/mol. The quantitative estimate of drug-likeness (QED) is 0.908. The fraction of sp³-hybridized carbons (Fsp3) is 0.667. The number of amides is 1. The maximum atomic E-state index is 12.1. The topological polar surface area (TPSA) is 83.4 Å². The van der Waals surface area contributed by atoms with E-state index in [2.05, 4.69) is 8.75 Å². The number of carboxylic acids is 1. The molecule has 19 heavy (non-hydrogen) atoms. The first kappa shape index (κ1) is 13.9. The van der Waals surface area contributed by atoms with Crippen molar-refractivity contribution in [3.8, 4) is 0 Å². The lowest BCUT2D eigenvalue weighted by Crippen LogP contribution is -2.46. The summed E-state index contributed by atoms with van der Waals surface area (Å²) >= 11 is 1.00. The third-order valence-electron chi connectivity index (χ3n) is 3.77. The molecular formula is C12H17N3O3S. The highest BCUT2D eigenvalue weighted by Crippen LogP contribution is 2.36. The zero-order valence-electron chi connectivity index (χ0n) is 10.8. The summed E-state index contributed by atoms with van der Waals surface area (Å²) in [5.74, 6) is -0.888. The van der Waals surface area contributed by atoms with Crippen molar-refractivity contribution < 1.29 is 14.7 Å². The van der Waals surface area contributed by atoms with Crippen molar-refractivity contribution in [2.75, 3.05) is 13.1 Å². The maximum Gasteiger partial charge on any atom is 0.309 e. The van der Waals surface area contributed by atoms with Crippen LogP contribution in [0.1, 0.15) is 43.1 Å². The monoisotopic (exact) mass is 283 g/mol. The van der Waals surface area contributed by atoms with Gasteiger partial charge in [0.15, 0.2) is 5.69 Å². The van der Waals surface area contributed by atoms with E-state index in [-0.39, 0.29) is 5.91 Å². The molecule has 2 rings (SSSR count). The van der Waals surface area contributed by atoms with Crippen LogP contribution in [0.4, 0.5) is 0 Å². The number of carbonyl (C=O) groups is 2. The molecule has 0 aliphatic carbocycles. The van der Waals surface area contributed by atoms with Gasteiger partial charge in [-0.3, -0.25) is 9.59 Å². The van der Waals surface area contributed by atoms with Gasteiger partial charge in [0, 0.05) is 13.1 Å². The van der Waals surface area contributed by atoms with Crippen LogP contribution < -0.4 is 0 Å². The molecule has 2 heterocycles. The summed E-state index contributed by atoms with van der Waals surface area (Å²) in [5.41, 5.74) is -0.311. The van der Waals surface area contributed by atoms with E-state index in [1.165, 1.54) is 6.20 Å². The second-order valence-corrected chi connectivity index (χ2v) is 5.48. The Morgan fingerprint density at radius 2 is 2.16 bits per heavy atom. The van der Waals surface area contributed by atoms with Crippen molar-refractivity contribution in [3.63, 3.8) is 0 Å². The highest BCUT2D eigenvalue weighted by molar-refractivity contribution is 6.99. The Labute approximate surface area is 115 Å². The number of aromatic nitrogens is 2. The summed E-state index contributed by atoms with van der Waals surface area (Å²) in [4.78, 5) is 25.2. The fourth-order valence-electron chi connectivity index (χ4n) is 2.61. The summed E-state index contributed by atoms with van der Waals surface area (Å²) in [7, 11) is 0. The van der Waals surface area contributed by atoms with Gasteiger partial charge in [-0.15, -0.1) is 0 Å². The first-order valence-electron chi connectivity index (χ1n) is 6.39. The van der Waals surface area contributed by atoms with Gasteiger partial charge < -0.3 is 10.0 Å². The lowest BCUT2D eigenvalue weighted by atomic mass is 9.75. The molecule has 6 nitrogen and oxygen atoms in total. The lowest BCUT2D eigenvalue weighted by molar-refractivity contribution is -0.152. The molecule has 1 aliphatic rings. The molecule has 1 amide bonds. The van der Waals surface area contributed by atoms with Crippen LogP contribution in [0, 0.1) is 5.41 Å². The van der Waals surface area contributed by atoms with Gasteiger partial charge in [-0.25, -0.2) is 0 Å². The molecule has 0 spiro atoms. The SMILES string of the molecule is CCCC1(C(=O)O)CCN(C(=O)c2cnsn2)CC1. The first-order chi connectivity index (χ1) is 9.09. The van der Waals surface area contributed by atoms with Gasteiger partial charge in [-0.05, 0) is 19.3 Å². The fourth-order valence-corrected chi connectivity index (χ4v) is 3.02. The van der Waals surface area contributed by atoms with Crippen LogP contribution in [0.15, 0.2) is 6.20 Å². The second-order valence-electron chi connectivity index (χ2n) is 4.92. The highest BCUT2D eigenvalue weighted by atomic mass is 32.1. The summed E-state index contributed by atoms with van der Waals surface area (Å²) in [6, 6.07) is 0. The van der Waals surface area contributed by atoms with Gasteiger partial charge in [-0.2, -0.15) is 8.75 Å². The molecular weight excluding hydrogens is 266 g/mol. The van der Waals surface area contributed by atoms with E-state index in [0.29, 0.717) is 38.0 Å². The van der Waals surface area contributed by atoms with E-state index >= 15 is 0 Å². The molecule has 1 aliphatic heterocycles. The van der Waals surface area contributed by atoms with Crippen molar-refractivity contribution in [3.05, 3.63) is 11.9 Å². The molecule has 0 aromatic carbocycles. The number of aliphatic carboxylic acids is 1. The summed E-state index contributed by atoms with van der Waals surface area (Å²) in [6.45, 7) is 2.94. The number of rotatable bonds is 4. The normalized spacial score (nSPS) is 18.3. The predicted octanol–water partition coefficient (Wildman–Crippen LogP) is 1.65. The molecule has 1 fully saturated rings. The third kappa shape index (κ3) is 2.75. The molecule has 1 saturated heterocycles. The largest absolute Gasteiger partial charge is 0.481 e. The molecule has 0 saturated carbocycles. The van der Waals surface area contributed by atoms with Crippen LogP contribution in [-0.2, 0) is 4.79 Å². The van der Waals surface area contributed by atoms with E-state index in [0.717, 1.165) is 18.1 Å². The van der Waals surface area contributed by atoms with Gasteiger partial charge >= 0.3 is 5.97 Å². The summed E-state index contributed by atoms with van der Waals surface area (Å²) in [6.07, 6.45) is 4.00. The van der Waals surface area contributed by atoms with Gasteiger partial charge in [0.2, 0.25) is 0 Å². The van der Waals surface area contributed by atoms with Crippen molar-refractivity contribution in [2.24, 2.45) is 5.41 Å². The molecule has 1 aromatic heterocycles. The number of piperidine rings is 1. The lowest BCUT2D eigenvalue weighted by Gasteiger charge is -2.38. The first-order valence-corrected chi connectivity index (χ1v) is 7.12. The van der Waals surface area contributed by atoms with Crippen molar-refractivity contribution >= 4 is 23.6 Å². The van der Waals surface area contributed by atoms with Crippen LogP contribution in [0.2, 0.25) is 0 Å². The molecule has 0 unspecified atom stereocenters. The van der Waals surface area contributed by atoms with Gasteiger partial charge in [0.1, 0.15) is 0 Å². The van der Waals surface area contributed by atoms with Crippen LogP contribution >= 0.6 is 11.7 Å². The molecule has 0 bridgehead atoms. The average molecular weight is 283 g/mol. The smallest absolute Gasteiger partial charge is 0.309 e. The Bertz CT molecular complexity index is 453.